The predicted molar refractivity (Wildman–Crippen MR) is 82.1 cm³/mol. The summed E-state index contributed by atoms with van der Waals surface area (Å²) in [6.07, 6.45) is 2.58. The normalized spacial score (nSPS) is 18.2. The summed E-state index contributed by atoms with van der Waals surface area (Å²) in [6, 6.07) is 7.31. The Hall–Kier alpha value is -1.75. The molecule has 1 saturated heterocycles. The minimum absolute atomic E-state index is 0.0927. The van der Waals surface area contributed by atoms with E-state index < -0.39 is 0 Å². The fourth-order valence-electron chi connectivity index (χ4n) is 2.49. The lowest BCUT2D eigenvalue weighted by atomic mass is 10.0. The minimum atomic E-state index is 0.0927. The van der Waals surface area contributed by atoms with Crippen LogP contribution in [0.1, 0.15) is 19.3 Å². The molecule has 1 fully saturated rings. The summed E-state index contributed by atoms with van der Waals surface area (Å²) in [5.41, 5.74) is 6.38. The Labute approximate surface area is 126 Å². The van der Waals surface area contributed by atoms with E-state index in [2.05, 4.69) is 0 Å². The van der Waals surface area contributed by atoms with Crippen molar-refractivity contribution in [2.24, 2.45) is 5.92 Å². The Kier molecular flexibility index (Phi) is 5.87. The first-order valence-electron chi connectivity index (χ1n) is 7.46. The van der Waals surface area contributed by atoms with Gasteiger partial charge >= 0.3 is 0 Å². The Bertz CT molecular complexity index is 459. The SMILES string of the molecule is CN(CC1CCCOC1)C(=O)CCOc1ccccc1N. The lowest BCUT2D eigenvalue weighted by Gasteiger charge is -2.27. The number of benzene rings is 1. The van der Waals surface area contributed by atoms with Crippen LogP contribution in [0.15, 0.2) is 24.3 Å². The Morgan fingerprint density at radius 1 is 1.48 bits per heavy atom. The molecule has 0 spiro atoms. The van der Waals surface area contributed by atoms with E-state index in [1.165, 1.54) is 0 Å². The zero-order valence-corrected chi connectivity index (χ0v) is 12.6. The van der Waals surface area contributed by atoms with Crippen LogP contribution >= 0.6 is 0 Å². The fourth-order valence-corrected chi connectivity index (χ4v) is 2.49. The molecule has 1 aromatic rings. The van der Waals surface area contributed by atoms with E-state index in [-0.39, 0.29) is 5.91 Å². The number of ether oxygens (including phenoxy) is 2. The molecule has 1 aliphatic heterocycles. The summed E-state index contributed by atoms with van der Waals surface area (Å²) in [5, 5.41) is 0. The van der Waals surface area contributed by atoms with Crippen molar-refractivity contribution in [3.8, 4) is 5.75 Å². The molecule has 2 rings (SSSR count). The predicted octanol–water partition coefficient (Wildman–Crippen LogP) is 1.92. The van der Waals surface area contributed by atoms with Gasteiger partial charge in [0, 0.05) is 20.2 Å². The van der Waals surface area contributed by atoms with E-state index >= 15 is 0 Å². The molecule has 0 aliphatic carbocycles. The van der Waals surface area contributed by atoms with Gasteiger partial charge in [0.25, 0.3) is 0 Å². The van der Waals surface area contributed by atoms with Crippen LogP contribution in [0, 0.1) is 5.92 Å². The number of hydrogen-bond donors (Lipinski definition) is 1. The monoisotopic (exact) mass is 292 g/mol. The van der Waals surface area contributed by atoms with Crippen LogP contribution in [0.2, 0.25) is 0 Å². The van der Waals surface area contributed by atoms with Crippen molar-refractivity contribution in [2.75, 3.05) is 39.1 Å². The van der Waals surface area contributed by atoms with Gasteiger partial charge in [-0.2, -0.15) is 0 Å². The van der Waals surface area contributed by atoms with Crippen molar-refractivity contribution in [2.45, 2.75) is 19.3 Å². The summed E-state index contributed by atoms with van der Waals surface area (Å²) in [6.45, 7) is 2.71. The van der Waals surface area contributed by atoms with Crippen LogP contribution in [0.5, 0.6) is 5.75 Å². The van der Waals surface area contributed by atoms with Crippen molar-refractivity contribution >= 4 is 11.6 Å². The number of carbonyl (C=O) groups excluding carboxylic acids is 1. The highest BCUT2D eigenvalue weighted by atomic mass is 16.5. The Morgan fingerprint density at radius 3 is 3.00 bits per heavy atom. The maximum absolute atomic E-state index is 12.1. The zero-order valence-electron chi connectivity index (χ0n) is 12.6. The number of amides is 1. The second-order valence-corrected chi connectivity index (χ2v) is 5.49. The van der Waals surface area contributed by atoms with Gasteiger partial charge in [-0.15, -0.1) is 0 Å². The van der Waals surface area contributed by atoms with Gasteiger partial charge in [-0.25, -0.2) is 0 Å². The maximum Gasteiger partial charge on any atom is 0.225 e. The number of nitrogen functional groups attached to an aromatic ring is 1. The Morgan fingerprint density at radius 2 is 2.29 bits per heavy atom. The van der Waals surface area contributed by atoms with Crippen LogP contribution in [0.3, 0.4) is 0 Å². The van der Waals surface area contributed by atoms with Crippen molar-refractivity contribution in [1.82, 2.24) is 4.90 Å². The van der Waals surface area contributed by atoms with Crippen molar-refractivity contribution in [3.63, 3.8) is 0 Å². The maximum atomic E-state index is 12.1. The molecule has 1 amide bonds. The molecule has 0 radical (unpaired) electrons. The average molecular weight is 292 g/mol. The number of rotatable bonds is 6. The zero-order chi connectivity index (χ0) is 15.1. The van der Waals surface area contributed by atoms with Gasteiger partial charge in [0.15, 0.2) is 0 Å². The first-order chi connectivity index (χ1) is 10.2. The second kappa shape index (κ2) is 7.88. The van der Waals surface area contributed by atoms with Crippen molar-refractivity contribution in [3.05, 3.63) is 24.3 Å². The highest BCUT2D eigenvalue weighted by Gasteiger charge is 2.18. The smallest absolute Gasteiger partial charge is 0.225 e. The summed E-state index contributed by atoms with van der Waals surface area (Å²) in [7, 11) is 1.84. The van der Waals surface area contributed by atoms with Crippen LogP contribution in [-0.2, 0) is 9.53 Å². The summed E-state index contributed by atoms with van der Waals surface area (Å²) in [4.78, 5) is 13.8. The number of para-hydroxylation sites is 2. The van der Waals surface area contributed by atoms with Crippen LogP contribution < -0.4 is 10.5 Å². The van der Waals surface area contributed by atoms with Crippen LogP contribution in [0.4, 0.5) is 5.69 Å². The molecule has 1 heterocycles. The molecule has 5 nitrogen and oxygen atoms in total. The van der Waals surface area contributed by atoms with Crippen LogP contribution in [0.25, 0.3) is 0 Å². The van der Waals surface area contributed by atoms with Crippen LogP contribution in [-0.4, -0.2) is 44.2 Å². The van der Waals surface area contributed by atoms with E-state index in [0.717, 1.165) is 32.6 Å². The van der Waals surface area contributed by atoms with Gasteiger partial charge < -0.3 is 20.1 Å². The second-order valence-electron chi connectivity index (χ2n) is 5.49. The van der Waals surface area contributed by atoms with Gasteiger partial charge in [-0.3, -0.25) is 4.79 Å². The van der Waals surface area contributed by atoms with E-state index in [1.54, 1.807) is 11.0 Å². The van der Waals surface area contributed by atoms with E-state index in [4.69, 9.17) is 15.2 Å². The third kappa shape index (κ3) is 4.93. The molecule has 1 unspecified atom stereocenters. The van der Waals surface area contributed by atoms with E-state index in [1.807, 2.05) is 25.2 Å². The molecule has 0 aromatic heterocycles. The van der Waals surface area contributed by atoms with Gasteiger partial charge in [0.2, 0.25) is 5.91 Å². The molecule has 5 heteroatoms. The molecular formula is C16H24N2O3. The van der Waals surface area contributed by atoms with Crippen molar-refractivity contribution in [1.29, 1.82) is 0 Å². The molecule has 116 valence electrons. The standard InChI is InChI=1S/C16H24N2O3/c1-18(11-13-5-4-9-20-12-13)16(19)8-10-21-15-7-3-2-6-14(15)17/h2-3,6-7,13H,4-5,8-12,17H2,1H3. The number of anilines is 1. The van der Waals surface area contributed by atoms with Gasteiger partial charge in [-0.05, 0) is 30.9 Å². The van der Waals surface area contributed by atoms with E-state index in [0.29, 0.717) is 30.4 Å². The fraction of sp³-hybridized carbons (Fsp3) is 0.562. The number of hydrogen-bond acceptors (Lipinski definition) is 4. The first-order valence-corrected chi connectivity index (χ1v) is 7.46. The largest absolute Gasteiger partial charge is 0.491 e. The molecule has 1 aliphatic rings. The molecule has 21 heavy (non-hydrogen) atoms. The lowest BCUT2D eigenvalue weighted by Crippen LogP contribution is -2.35. The quantitative estimate of drug-likeness (QED) is 0.814. The average Bonchev–Trinajstić information content (AvgIpc) is 2.50. The molecular weight excluding hydrogens is 268 g/mol. The molecule has 0 saturated carbocycles. The number of nitrogens with two attached hydrogens (primary N) is 1. The lowest BCUT2D eigenvalue weighted by molar-refractivity contribution is -0.131. The highest BCUT2D eigenvalue weighted by molar-refractivity contribution is 5.76. The number of nitrogens with zero attached hydrogens (tertiary/aromatic N) is 1. The molecule has 1 aromatic carbocycles. The minimum Gasteiger partial charge on any atom is -0.491 e. The highest BCUT2D eigenvalue weighted by Crippen LogP contribution is 2.20. The third-order valence-electron chi connectivity index (χ3n) is 3.70. The molecule has 2 N–H and O–H groups in total. The van der Waals surface area contributed by atoms with Gasteiger partial charge in [-0.1, -0.05) is 12.1 Å². The summed E-state index contributed by atoms with van der Waals surface area (Å²) < 4.78 is 11.0. The first kappa shape index (κ1) is 15.6. The molecule has 0 bridgehead atoms. The number of carbonyl (C=O) groups is 1. The van der Waals surface area contributed by atoms with Crippen molar-refractivity contribution < 1.29 is 14.3 Å². The topological polar surface area (TPSA) is 64.8 Å². The third-order valence-corrected chi connectivity index (χ3v) is 3.70. The van der Waals surface area contributed by atoms with Gasteiger partial charge in [0.05, 0.1) is 25.3 Å². The molecule has 1 atom stereocenters. The summed E-state index contributed by atoms with van der Waals surface area (Å²) in [5.74, 6) is 1.18. The van der Waals surface area contributed by atoms with Gasteiger partial charge in [0.1, 0.15) is 5.75 Å². The Balaban J connectivity index is 1.70. The van der Waals surface area contributed by atoms with E-state index in [9.17, 15) is 4.79 Å². The summed E-state index contributed by atoms with van der Waals surface area (Å²) >= 11 is 0.